The molecule has 0 aliphatic heterocycles. The topological polar surface area (TPSA) is 55.8 Å². The van der Waals surface area contributed by atoms with E-state index in [2.05, 4.69) is 0 Å². The Kier molecular flexibility index (Phi) is 3.71. The summed E-state index contributed by atoms with van der Waals surface area (Å²) in [5, 5.41) is 8.99. The summed E-state index contributed by atoms with van der Waals surface area (Å²) in [6.07, 6.45) is 0. The van der Waals surface area contributed by atoms with Crippen molar-refractivity contribution in [3.05, 3.63) is 53.6 Å². The summed E-state index contributed by atoms with van der Waals surface area (Å²) < 4.78 is 10.7. The summed E-state index contributed by atoms with van der Waals surface area (Å²) in [6.45, 7) is 1.97. The Morgan fingerprint density at radius 3 is 2.47 bits per heavy atom. The molecule has 0 aromatic heterocycles. The van der Waals surface area contributed by atoms with Gasteiger partial charge in [-0.1, -0.05) is 12.1 Å². The van der Waals surface area contributed by atoms with Crippen molar-refractivity contribution in [3.8, 4) is 17.2 Å². The highest BCUT2D eigenvalue weighted by molar-refractivity contribution is 5.91. The van der Waals surface area contributed by atoms with Crippen molar-refractivity contribution >= 4 is 5.97 Å². The predicted molar refractivity (Wildman–Crippen MR) is 71.2 cm³/mol. The third kappa shape index (κ3) is 3.04. The second-order valence-corrected chi connectivity index (χ2v) is 4.09. The van der Waals surface area contributed by atoms with Gasteiger partial charge in [0.25, 0.3) is 0 Å². The molecule has 0 spiro atoms. The third-order valence-electron chi connectivity index (χ3n) is 2.63. The van der Waals surface area contributed by atoms with Crippen LogP contribution in [0, 0.1) is 6.92 Å². The number of carboxylic acids is 1. The predicted octanol–water partition coefficient (Wildman–Crippen LogP) is 3.49. The summed E-state index contributed by atoms with van der Waals surface area (Å²) in [5.74, 6) is 0.481. The van der Waals surface area contributed by atoms with Crippen LogP contribution in [-0.2, 0) is 0 Å². The van der Waals surface area contributed by atoms with E-state index in [0.29, 0.717) is 11.5 Å². The first-order valence-corrected chi connectivity index (χ1v) is 5.76. The lowest BCUT2D eigenvalue weighted by Gasteiger charge is -2.09. The first-order valence-electron chi connectivity index (χ1n) is 5.76. The molecule has 0 fully saturated rings. The molecule has 19 heavy (non-hydrogen) atoms. The van der Waals surface area contributed by atoms with Crippen molar-refractivity contribution in [2.24, 2.45) is 0 Å². The number of hydrogen-bond acceptors (Lipinski definition) is 3. The molecule has 98 valence electrons. The van der Waals surface area contributed by atoms with Gasteiger partial charge in [-0.25, -0.2) is 4.79 Å². The maximum atomic E-state index is 11.0. The minimum Gasteiger partial charge on any atom is -0.496 e. The van der Waals surface area contributed by atoms with Crippen molar-refractivity contribution in [1.29, 1.82) is 0 Å². The largest absolute Gasteiger partial charge is 0.496 e. The summed E-state index contributed by atoms with van der Waals surface area (Å²) in [7, 11) is 1.43. The zero-order chi connectivity index (χ0) is 13.8. The van der Waals surface area contributed by atoms with Crippen LogP contribution in [0.25, 0.3) is 0 Å². The molecule has 0 atom stereocenters. The number of methoxy groups -OCH3 is 1. The first-order chi connectivity index (χ1) is 9.10. The third-order valence-corrected chi connectivity index (χ3v) is 2.63. The van der Waals surface area contributed by atoms with Crippen LogP contribution in [0.1, 0.15) is 15.9 Å². The highest BCUT2D eigenvalue weighted by atomic mass is 16.5. The molecule has 2 aromatic carbocycles. The average molecular weight is 258 g/mol. The molecule has 0 aliphatic rings. The Labute approximate surface area is 111 Å². The minimum absolute atomic E-state index is 0.110. The number of benzene rings is 2. The van der Waals surface area contributed by atoms with Gasteiger partial charge in [0.2, 0.25) is 0 Å². The minimum atomic E-state index is -1.03. The Morgan fingerprint density at radius 1 is 1.11 bits per heavy atom. The number of carboxylic acid groups (broad SMARTS) is 1. The van der Waals surface area contributed by atoms with Crippen LogP contribution in [0.2, 0.25) is 0 Å². The molecule has 2 rings (SSSR count). The van der Waals surface area contributed by atoms with Crippen LogP contribution in [0.4, 0.5) is 0 Å². The van der Waals surface area contributed by atoms with E-state index < -0.39 is 5.97 Å². The van der Waals surface area contributed by atoms with Crippen LogP contribution in [0.5, 0.6) is 17.2 Å². The van der Waals surface area contributed by atoms with Gasteiger partial charge in [-0.15, -0.1) is 0 Å². The molecule has 0 saturated carbocycles. The van der Waals surface area contributed by atoms with E-state index >= 15 is 0 Å². The molecule has 0 unspecified atom stereocenters. The second-order valence-electron chi connectivity index (χ2n) is 4.09. The number of hydrogen-bond donors (Lipinski definition) is 1. The maximum absolute atomic E-state index is 11.0. The van der Waals surface area contributed by atoms with E-state index in [0.717, 1.165) is 5.56 Å². The summed E-state index contributed by atoms with van der Waals surface area (Å²) in [5.41, 5.74) is 1.20. The van der Waals surface area contributed by atoms with E-state index in [1.54, 1.807) is 12.1 Å². The lowest BCUT2D eigenvalue weighted by molar-refractivity contribution is 0.0693. The molecule has 0 heterocycles. The van der Waals surface area contributed by atoms with Crippen molar-refractivity contribution in [3.63, 3.8) is 0 Å². The number of aromatic carboxylic acids is 1. The monoisotopic (exact) mass is 258 g/mol. The van der Waals surface area contributed by atoms with Gasteiger partial charge in [0.1, 0.15) is 22.8 Å². The lowest BCUT2D eigenvalue weighted by atomic mass is 10.2. The lowest BCUT2D eigenvalue weighted by Crippen LogP contribution is -2.00. The van der Waals surface area contributed by atoms with E-state index in [4.69, 9.17) is 14.6 Å². The van der Waals surface area contributed by atoms with Gasteiger partial charge < -0.3 is 14.6 Å². The smallest absolute Gasteiger partial charge is 0.339 e. The normalized spacial score (nSPS) is 10.0. The fourth-order valence-corrected chi connectivity index (χ4v) is 1.73. The molecule has 0 aliphatic carbocycles. The quantitative estimate of drug-likeness (QED) is 0.912. The molecule has 0 radical (unpaired) electrons. The van der Waals surface area contributed by atoms with Crippen molar-refractivity contribution in [2.45, 2.75) is 6.92 Å². The van der Waals surface area contributed by atoms with Crippen molar-refractivity contribution in [1.82, 2.24) is 0 Å². The fourth-order valence-electron chi connectivity index (χ4n) is 1.73. The van der Waals surface area contributed by atoms with Gasteiger partial charge in [-0.3, -0.25) is 0 Å². The van der Waals surface area contributed by atoms with Crippen molar-refractivity contribution < 1.29 is 19.4 Å². The van der Waals surface area contributed by atoms with Crippen LogP contribution in [0.15, 0.2) is 42.5 Å². The Bertz CT molecular complexity index is 605. The van der Waals surface area contributed by atoms with Crippen molar-refractivity contribution in [2.75, 3.05) is 7.11 Å². The summed E-state index contributed by atoms with van der Waals surface area (Å²) in [6, 6.07) is 12.2. The molecule has 0 saturated heterocycles. The Balaban J connectivity index is 2.29. The number of aryl methyl sites for hydroxylation is 1. The molecule has 0 amide bonds. The zero-order valence-corrected chi connectivity index (χ0v) is 10.7. The highest BCUT2D eigenvalue weighted by Gasteiger charge is 2.12. The van der Waals surface area contributed by atoms with Crippen LogP contribution in [-0.4, -0.2) is 18.2 Å². The first kappa shape index (κ1) is 13.0. The van der Waals surface area contributed by atoms with Crippen LogP contribution < -0.4 is 9.47 Å². The second kappa shape index (κ2) is 5.44. The van der Waals surface area contributed by atoms with Gasteiger partial charge in [0.15, 0.2) is 0 Å². The number of ether oxygens (including phenoxy) is 2. The zero-order valence-electron chi connectivity index (χ0n) is 10.7. The van der Waals surface area contributed by atoms with E-state index in [-0.39, 0.29) is 11.3 Å². The fraction of sp³-hybridized carbons (Fsp3) is 0.133. The van der Waals surface area contributed by atoms with E-state index in [1.165, 1.54) is 13.2 Å². The van der Waals surface area contributed by atoms with Crippen LogP contribution in [0.3, 0.4) is 0 Å². The molecular formula is C15H14O4. The number of carbonyl (C=O) groups is 1. The SMILES string of the molecule is COc1cc(Oc2cccc(C)c2)ccc1C(=O)O. The maximum Gasteiger partial charge on any atom is 0.339 e. The molecule has 2 aromatic rings. The molecule has 1 N–H and O–H groups in total. The van der Waals surface area contributed by atoms with Gasteiger partial charge in [-0.05, 0) is 36.8 Å². The van der Waals surface area contributed by atoms with Gasteiger partial charge in [-0.2, -0.15) is 0 Å². The summed E-state index contributed by atoms with van der Waals surface area (Å²) >= 11 is 0. The molecular weight excluding hydrogens is 244 g/mol. The van der Waals surface area contributed by atoms with Gasteiger partial charge >= 0.3 is 5.97 Å². The standard InChI is InChI=1S/C15H14O4/c1-10-4-3-5-11(8-10)19-12-6-7-13(15(16)17)14(9-12)18-2/h3-9H,1-2H3,(H,16,17). The Hall–Kier alpha value is -2.49. The van der Waals surface area contributed by atoms with Crippen LogP contribution >= 0.6 is 0 Å². The van der Waals surface area contributed by atoms with E-state index in [1.807, 2.05) is 31.2 Å². The Morgan fingerprint density at radius 2 is 1.84 bits per heavy atom. The average Bonchev–Trinajstić information content (AvgIpc) is 2.38. The van der Waals surface area contributed by atoms with Gasteiger partial charge in [0, 0.05) is 6.07 Å². The highest BCUT2D eigenvalue weighted by Crippen LogP contribution is 2.28. The molecule has 0 bridgehead atoms. The summed E-state index contributed by atoms with van der Waals surface area (Å²) in [4.78, 5) is 11.0. The van der Waals surface area contributed by atoms with E-state index in [9.17, 15) is 4.79 Å². The van der Waals surface area contributed by atoms with Gasteiger partial charge in [0.05, 0.1) is 7.11 Å². The molecule has 4 heteroatoms. The molecule has 4 nitrogen and oxygen atoms in total. The number of rotatable bonds is 4.